The number of amides is 1. The highest BCUT2D eigenvalue weighted by molar-refractivity contribution is 5.86. The third-order valence-electron chi connectivity index (χ3n) is 4.60. The number of rotatable bonds is 5. The molecule has 3 aromatic rings. The number of aryl methyl sites for hydroxylation is 2. The SMILES string of the molecule is Cc1cccc(NC(=O)OC(C)(C)C)c1CNc1cccn2c(CO)c(C)nc12. The number of aromatic nitrogens is 2. The summed E-state index contributed by atoms with van der Waals surface area (Å²) in [4.78, 5) is 16.8. The molecule has 0 saturated heterocycles. The van der Waals surface area contributed by atoms with Crippen molar-refractivity contribution in [2.75, 3.05) is 10.6 Å². The quantitative estimate of drug-likeness (QED) is 0.595. The molecule has 7 nitrogen and oxygen atoms in total. The van der Waals surface area contributed by atoms with Crippen molar-refractivity contribution in [2.45, 2.75) is 53.4 Å². The van der Waals surface area contributed by atoms with Gasteiger partial charge in [0.15, 0.2) is 5.65 Å². The molecular weight excluding hydrogens is 368 g/mol. The van der Waals surface area contributed by atoms with Gasteiger partial charge in [-0.1, -0.05) is 12.1 Å². The summed E-state index contributed by atoms with van der Waals surface area (Å²) in [6.45, 7) is 9.81. The van der Waals surface area contributed by atoms with E-state index >= 15 is 0 Å². The zero-order chi connectivity index (χ0) is 21.2. The van der Waals surface area contributed by atoms with Crippen molar-refractivity contribution >= 4 is 23.1 Å². The number of nitrogens with zero attached hydrogens (tertiary/aromatic N) is 2. The number of hydrogen-bond acceptors (Lipinski definition) is 5. The van der Waals surface area contributed by atoms with E-state index in [1.54, 1.807) is 0 Å². The average molecular weight is 396 g/mol. The monoisotopic (exact) mass is 396 g/mol. The molecule has 1 aromatic carbocycles. The minimum Gasteiger partial charge on any atom is -0.444 e. The van der Waals surface area contributed by atoms with Gasteiger partial charge in [0.2, 0.25) is 0 Å². The predicted molar refractivity (Wildman–Crippen MR) is 114 cm³/mol. The second kappa shape index (κ2) is 8.13. The maximum Gasteiger partial charge on any atom is 0.412 e. The fraction of sp³-hybridized carbons (Fsp3) is 0.364. The van der Waals surface area contributed by atoms with E-state index in [0.29, 0.717) is 12.2 Å². The Bertz CT molecular complexity index is 1030. The zero-order valence-corrected chi connectivity index (χ0v) is 17.5. The Kier molecular flexibility index (Phi) is 5.79. The van der Waals surface area contributed by atoms with Crippen molar-refractivity contribution < 1.29 is 14.6 Å². The predicted octanol–water partition coefficient (Wildman–Crippen LogP) is 4.40. The van der Waals surface area contributed by atoms with Gasteiger partial charge in [-0.2, -0.15) is 0 Å². The molecule has 0 aliphatic carbocycles. The van der Waals surface area contributed by atoms with Crippen LogP contribution in [0.15, 0.2) is 36.5 Å². The summed E-state index contributed by atoms with van der Waals surface area (Å²) in [7, 11) is 0. The lowest BCUT2D eigenvalue weighted by Crippen LogP contribution is -2.27. The van der Waals surface area contributed by atoms with Crippen LogP contribution in [0.1, 0.15) is 43.3 Å². The Morgan fingerprint density at radius 1 is 1.17 bits per heavy atom. The molecule has 0 spiro atoms. The summed E-state index contributed by atoms with van der Waals surface area (Å²) >= 11 is 0. The van der Waals surface area contributed by atoms with Gasteiger partial charge < -0.3 is 15.2 Å². The molecule has 2 aromatic heterocycles. The Morgan fingerprint density at radius 3 is 2.59 bits per heavy atom. The van der Waals surface area contributed by atoms with Crippen molar-refractivity contribution in [3.05, 3.63) is 59.0 Å². The smallest absolute Gasteiger partial charge is 0.412 e. The van der Waals surface area contributed by atoms with E-state index in [2.05, 4.69) is 15.6 Å². The van der Waals surface area contributed by atoms with Gasteiger partial charge in [-0.05, 0) is 63.9 Å². The van der Waals surface area contributed by atoms with Crippen LogP contribution in [0, 0.1) is 13.8 Å². The highest BCUT2D eigenvalue weighted by Gasteiger charge is 2.18. The summed E-state index contributed by atoms with van der Waals surface area (Å²) < 4.78 is 7.26. The van der Waals surface area contributed by atoms with Crippen LogP contribution in [0.25, 0.3) is 5.65 Å². The number of carbonyl (C=O) groups excluding carboxylic acids is 1. The summed E-state index contributed by atoms with van der Waals surface area (Å²) in [5.41, 5.74) is 5.32. The zero-order valence-electron chi connectivity index (χ0n) is 17.5. The molecule has 0 saturated carbocycles. The Hall–Kier alpha value is -3.06. The first-order chi connectivity index (χ1) is 13.7. The lowest BCUT2D eigenvalue weighted by Gasteiger charge is -2.21. The maximum atomic E-state index is 12.2. The number of anilines is 2. The fourth-order valence-corrected chi connectivity index (χ4v) is 3.21. The number of imidazole rings is 1. The molecule has 29 heavy (non-hydrogen) atoms. The van der Waals surface area contributed by atoms with Gasteiger partial charge in [0, 0.05) is 18.4 Å². The molecule has 1 amide bonds. The van der Waals surface area contributed by atoms with Crippen molar-refractivity contribution in [3.8, 4) is 0 Å². The number of nitrogens with one attached hydrogen (secondary N) is 2. The highest BCUT2D eigenvalue weighted by atomic mass is 16.6. The summed E-state index contributed by atoms with van der Waals surface area (Å²) in [6, 6.07) is 9.62. The minimum absolute atomic E-state index is 0.0712. The fourth-order valence-electron chi connectivity index (χ4n) is 3.21. The molecule has 2 heterocycles. The summed E-state index contributed by atoms with van der Waals surface area (Å²) in [6.07, 6.45) is 1.40. The van der Waals surface area contributed by atoms with E-state index in [0.717, 1.165) is 33.8 Å². The number of ether oxygens (including phenoxy) is 1. The molecule has 0 atom stereocenters. The van der Waals surface area contributed by atoms with Crippen LogP contribution in [-0.4, -0.2) is 26.2 Å². The second-order valence-corrected chi connectivity index (χ2v) is 8.00. The third kappa shape index (κ3) is 4.68. The van der Waals surface area contributed by atoms with Gasteiger partial charge >= 0.3 is 6.09 Å². The minimum atomic E-state index is -0.565. The molecule has 3 N–H and O–H groups in total. The highest BCUT2D eigenvalue weighted by Crippen LogP contribution is 2.25. The van der Waals surface area contributed by atoms with Crippen LogP contribution in [0.3, 0.4) is 0 Å². The molecule has 0 radical (unpaired) electrons. The summed E-state index contributed by atoms with van der Waals surface area (Å²) in [5, 5.41) is 15.9. The molecule has 7 heteroatoms. The molecule has 3 rings (SSSR count). The van der Waals surface area contributed by atoms with E-state index in [1.165, 1.54) is 0 Å². The molecule has 0 aliphatic rings. The van der Waals surface area contributed by atoms with Gasteiger partial charge in [-0.15, -0.1) is 0 Å². The van der Waals surface area contributed by atoms with E-state index < -0.39 is 11.7 Å². The number of benzene rings is 1. The second-order valence-electron chi connectivity index (χ2n) is 8.00. The van der Waals surface area contributed by atoms with Crippen molar-refractivity contribution in [3.63, 3.8) is 0 Å². The van der Waals surface area contributed by atoms with Crippen molar-refractivity contribution in [2.24, 2.45) is 0 Å². The first-order valence-corrected chi connectivity index (χ1v) is 9.59. The molecule has 154 valence electrons. The number of hydrogen-bond donors (Lipinski definition) is 3. The van der Waals surface area contributed by atoms with Crippen LogP contribution >= 0.6 is 0 Å². The normalized spacial score (nSPS) is 11.5. The first kappa shape index (κ1) is 20.7. The standard InChI is InChI=1S/C22H28N4O3/c1-14-8-6-9-17(25-21(28)29-22(3,4)5)16(14)12-23-18-10-7-11-26-19(13-27)15(2)24-20(18)26/h6-11,23,27H,12-13H2,1-5H3,(H,25,28). The molecule has 0 fully saturated rings. The van der Waals surface area contributed by atoms with Gasteiger partial charge in [0.05, 0.1) is 23.7 Å². The van der Waals surface area contributed by atoms with Crippen molar-refractivity contribution in [1.82, 2.24) is 9.38 Å². The first-order valence-electron chi connectivity index (χ1n) is 9.59. The van der Waals surface area contributed by atoms with Crippen LogP contribution in [0.2, 0.25) is 0 Å². The Labute approximate surface area is 170 Å². The van der Waals surface area contributed by atoms with Gasteiger partial charge in [0.25, 0.3) is 0 Å². The van der Waals surface area contributed by atoms with E-state index in [4.69, 9.17) is 4.74 Å². The van der Waals surface area contributed by atoms with Crippen LogP contribution < -0.4 is 10.6 Å². The average Bonchev–Trinajstić information content (AvgIpc) is 2.95. The van der Waals surface area contributed by atoms with E-state index in [1.807, 2.05) is 75.5 Å². The Morgan fingerprint density at radius 2 is 1.90 bits per heavy atom. The third-order valence-corrected chi connectivity index (χ3v) is 4.60. The molecule has 0 unspecified atom stereocenters. The maximum absolute atomic E-state index is 12.2. The van der Waals surface area contributed by atoms with E-state index in [-0.39, 0.29) is 6.61 Å². The van der Waals surface area contributed by atoms with E-state index in [9.17, 15) is 9.90 Å². The van der Waals surface area contributed by atoms with Gasteiger partial charge in [0.1, 0.15) is 5.60 Å². The molecular formula is C22H28N4O3. The van der Waals surface area contributed by atoms with Crippen LogP contribution in [0.4, 0.5) is 16.2 Å². The largest absolute Gasteiger partial charge is 0.444 e. The van der Waals surface area contributed by atoms with Crippen molar-refractivity contribution in [1.29, 1.82) is 0 Å². The van der Waals surface area contributed by atoms with Crippen LogP contribution in [-0.2, 0) is 17.9 Å². The summed E-state index contributed by atoms with van der Waals surface area (Å²) in [5.74, 6) is 0. The lowest BCUT2D eigenvalue weighted by molar-refractivity contribution is 0.0636. The number of aliphatic hydroxyl groups is 1. The van der Waals surface area contributed by atoms with Crippen LogP contribution in [0.5, 0.6) is 0 Å². The molecule has 0 aliphatic heterocycles. The number of fused-ring (bicyclic) bond motifs is 1. The molecule has 0 bridgehead atoms. The van der Waals surface area contributed by atoms with Gasteiger partial charge in [-0.25, -0.2) is 9.78 Å². The number of aliphatic hydroxyl groups excluding tert-OH is 1. The number of pyridine rings is 1. The van der Waals surface area contributed by atoms with Gasteiger partial charge in [-0.3, -0.25) is 9.72 Å². The Balaban J connectivity index is 1.85. The number of carbonyl (C=O) groups is 1. The lowest BCUT2D eigenvalue weighted by atomic mass is 10.1. The topological polar surface area (TPSA) is 87.9 Å².